The molecule has 0 fully saturated rings. The molecule has 2 unspecified atom stereocenters. The molecule has 1 heterocycles. The van der Waals surface area contributed by atoms with Crippen molar-refractivity contribution < 1.29 is 18.9 Å². The summed E-state index contributed by atoms with van der Waals surface area (Å²) in [6.45, 7) is 4.91. The number of carbonyl (C=O) groups is 1. The predicted octanol–water partition coefficient (Wildman–Crippen LogP) is 1.67. The lowest BCUT2D eigenvalue weighted by Gasteiger charge is -2.21. The van der Waals surface area contributed by atoms with Gasteiger partial charge in [0.25, 0.3) is 0 Å². The number of quaternary nitrogens is 1. The molecule has 0 bridgehead atoms. The summed E-state index contributed by atoms with van der Waals surface area (Å²) in [6, 6.07) is 9.48. The highest BCUT2D eigenvalue weighted by Crippen LogP contribution is 2.18. The van der Waals surface area contributed by atoms with E-state index in [-0.39, 0.29) is 10.6 Å². The molecule has 96 valence electrons. The van der Waals surface area contributed by atoms with E-state index < -0.39 is 0 Å². The number of nitrogens with zero attached hydrogens (tertiary/aromatic N) is 2. The fourth-order valence-corrected chi connectivity index (χ4v) is 2.32. The maximum Gasteiger partial charge on any atom is 0.398 e. The summed E-state index contributed by atoms with van der Waals surface area (Å²) < 4.78 is 2.38. The number of carbonyl (C=O) groups excluding carboxylic acids is 1. The third kappa shape index (κ3) is 2.16. The van der Waals surface area contributed by atoms with Crippen LogP contribution in [0.4, 0.5) is 0 Å². The first kappa shape index (κ1) is 12.8. The fraction of sp³-hybridized carbons (Fsp3) is 0.429. The second-order valence-electron chi connectivity index (χ2n) is 5.04. The predicted molar refractivity (Wildman–Crippen MR) is 69.2 cm³/mol. The molecule has 0 radical (unpaired) electrons. The molecule has 1 aliphatic heterocycles. The fourth-order valence-electron chi connectivity index (χ4n) is 2.32. The summed E-state index contributed by atoms with van der Waals surface area (Å²) in [5, 5.41) is 0. The van der Waals surface area contributed by atoms with E-state index in [0.29, 0.717) is 11.6 Å². The van der Waals surface area contributed by atoms with Crippen molar-refractivity contribution >= 4 is 11.8 Å². The average Bonchev–Trinajstić information content (AvgIpc) is 2.54. The van der Waals surface area contributed by atoms with Gasteiger partial charge in [0, 0.05) is 6.92 Å². The van der Waals surface area contributed by atoms with Crippen LogP contribution in [0.15, 0.2) is 30.3 Å². The van der Waals surface area contributed by atoms with E-state index >= 15 is 0 Å². The average molecular weight is 248 g/mol. The first-order valence-corrected chi connectivity index (χ1v) is 6.15. The van der Waals surface area contributed by atoms with Gasteiger partial charge in [0.2, 0.25) is 6.04 Å². The summed E-state index contributed by atoms with van der Waals surface area (Å²) in [7, 11) is 3.95. The summed E-state index contributed by atoms with van der Waals surface area (Å²) in [5.74, 6) is 0.770. The van der Waals surface area contributed by atoms with Gasteiger partial charge >= 0.3 is 11.8 Å². The van der Waals surface area contributed by atoms with Gasteiger partial charge in [-0.25, -0.2) is 4.79 Å². The minimum Gasteiger partial charge on any atom is -0.261 e. The summed E-state index contributed by atoms with van der Waals surface area (Å²) in [6.07, 6.45) is 0. The summed E-state index contributed by atoms with van der Waals surface area (Å²) >= 11 is 0. The Kier molecular flexibility index (Phi) is 3.22. The van der Waals surface area contributed by atoms with Crippen LogP contribution < -0.4 is 0 Å². The van der Waals surface area contributed by atoms with Crippen molar-refractivity contribution in [2.24, 2.45) is 0 Å². The molecule has 0 amide bonds. The van der Waals surface area contributed by atoms with Crippen LogP contribution in [0.25, 0.3) is 0 Å². The van der Waals surface area contributed by atoms with E-state index in [4.69, 9.17) is 4.84 Å². The van der Waals surface area contributed by atoms with Crippen LogP contribution in [0.2, 0.25) is 0 Å². The van der Waals surface area contributed by atoms with Gasteiger partial charge in [0.1, 0.15) is 14.1 Å². The molecule has 0 saturated heterocycles. The Morgan fingerprint density at radius 1 is 1.39 bits per heavy atom. The highest BCUT2D eigenvalue weighted by atomic mass is 16.7. The Morgan fingerprint density at radius 2 is 2.00 bits per heavy atom. The van der Waals surface area contributed by atoms with Gasteiger partial charge < -0.3 is 0 Å². The summed E-state index contributed by atoms with van der Waals surface area (Å²) in [5.41, 5.74) is 0.590. The first-order valence-electron chi connectivity index (χ1n) is 6.15. The van der Waals surface area contributed by atoms with Crippen LogP contribution in [0, 0.1) is 0 Å². The van der Waals surface area contributed by atoms with Crippen LogP contribution >= 0.6 is 0 Å². The van der Waals surface area contributed by atoms with Gasteiger partial charge in [-0.1, -0.05) is 18.2 Å². The second kappa shape index (κ2) is 4.53. The van der Waals surface area contributed by atoms with Gasteiger partial charge in [-0.15, -0.1) is 0 Å². The number of likely N-dealkylation sites (N-methyl/N-ethyl adjacent to an activating group) is 2. The van der Waals surface area contributed by atoms with Crippen LogP contribution in [0.3, 0.4) is 0 Å². The van der Waals surface area contributed by atoms with Gasteiger partial charge in [0.05, 0.1) is 12.5 Å². The van der Waals surface area contributed by atoms with E-state index in [0.717, 1.165) is 12.4 Å². The molecule has 0 spiro atoms. The maximum atomic E-state index is 12.1. The molecule has 0 aromatic heterocycles. The van der Waals surface area contributed by atoms with Crippen molar-refractivity contribution in [3.05, 3.63) is 35.9 Å². The molecule has 1 aromatic rings. The Bertz CT molecular complexity index is 496. The van der Waals surface area contributed by atoms with Gasteiger partial charge in [-0.2, -0.15) is 4.58 Å². The van der Waals surface area contributed by atoms with Crippen molar-refractivity contribution in [2.75, 3.05) is 20.6 Å². The Balaban J connectivity index is 2.18. The van der Waals surface area contributed by atoms with Gasteiger partial charge in [-0.3, -0.25) is 4.84 Å². The number of hydrogen-bond donors (Lipinski definition) is 0. The number of benzene rings is 1. The van der Waals surface area contributed by atoms with E-state index in [1.807, 2.05) is 39.2 Å². The number of hydrogen-bond acceptors (Lipinski definition) is 2. The molecular formula is C14H20N2O2+2. The van der Waals surface area contributed by atoms with E-state index in [1.54, 1.807) is 12.1 Å². The molecule has 0 saturated carbocycles. The number of hydroxylamine groups is 3. The Hall–Kier alpha value is -1.68. The van der Waals surface area contributed by atoms with Crippen LogP contribution in [0.1, 0.15) is 24.2 Å². The van der Waals surface area contributed by atoms with Crippen molar-refractivity contribution in [1.29, 1.82) is 0 Å². The zero-order chi connectivity index (χ0) is 13.3. The zero-order valence-corrected chi connectivity index (χ0v) is 11.4. The SMILES string of the molecule is CC1=[N+](C)C(C)C[N+]1(C)OC(=O)c1ccccc1. The zero-order valence-electron chi connectivity index (χ0n) is 11.4. The maximum absolute atomic E-state index is 12.1. The van der Waals surface area contributed by atoms with Crippen molar-refractivity contribution in [1.82, 2.24) is 0 Å². The van der Waals surface area contributed by atoms with E-state index in [2.05, 4.69) is 11.5 Å². The summed E-state index contributed by atoms with van der Waals surface area (Å²) in [4.78, 5) is 17.8. The van der Waals surface area contributed by atoms with Crippen molar-refractivity contribution in [3.8, 4) is 0 Å². The number of rotatable bonds is 2. The van der Waals surface area contributed by atoms with E-state index in [1.165, 1.54) is 0 Å². The standard InChI is InChI=1S/C14H20N2O2/c1-11-10-16(4,12(2)15(11)3)18-14(17)13-8-6-5-7-9-13/h5-9,11H,10H2,1-4H3/q+2. The van der Waals surface area contributed by atoms with Crippen LogP contribution in [-0.4, -0.2) is 47.7 Å². The number of amidine groups is 1. The largest absolute Gasteiger partial charge is 0.398 e. The van der Waals surface area contributed by atoms with Crippen LogP contribution in [-0.2, 0) is 4.84 Å². The third-order valence-corrected chi connectivity index (χ3v) is 3.76. The smallest absolute Gasteiger partial charge is 0.261 e. The molecule has 1 aliphatic rings. The molecular weight excluding hydrogens is 228 g/mol. The molecule has 2 atom stereocenters. The van der Waals surface area contributed by atoms with Gasteiger partial charge in [0.15, 0.2) is 6.54 Å². The molecule has 4 heteroatoms. The highest BCUT2D eigenvalue weighted by Gasteiger charge is 2.48. The van der Waals surface area contributed by atoms with Crippen molar-refractivity contribution in [3.63, 3.8) is 0 Å². The Labute approximate surface area is 108 Å². The minimum atomic E-state index is -0.278. The normalized spacial score (nSPS) is 27.4. The van der Waals surface area contributed by atoms with E-state index in [9.17, 15) is 4.79 Å². The molecule has 0 N–H and O–H groups in total. The molecule has 1 aromatic carbocycles. The topological polar surface area (TPSA) is 29.3 Å². The first-order chi connectivity index (χ1) is 8.44. The highest BCUT2D eigenvalue weighted by molar-refractivity contribution is 5.89. The lowest BCUT2D eigenvalue weighted by atomic mass is 10.2. The van der Waals surface area contributed by atoms with Crippen LogP contribution in [0.5, 0.6) is 0 Å². The second-order valence-corrected chi connectivity index (χ2v) is 5.04. The Morgan fingerprint density at radius 3 is 2.50 bits per heavy atom. The lowest BCUT2D eigenvalue weighted by Crippen LogP contribution is -2.48. The third-order valence-electron chi connectivity index (χ3n) is 3.76. The minimum absolute atomic E-state index is 0.228. The van der Waals surface area contributed by atoms with Gasteiger partial charge in [-0.05, 0) is 16.8 Å². The molecule has 2 rings (SSSR count). The molecule has 0 aliphatic carbocycles. The lowest BCUT2D eigenvalue weighted by molar-refractivity contribution is -0.999. The van der Waals surface area contributed by atoms with Crippen molar-refractivity contribution in [2.45, 2.75) is 19.9 Å². The quantitative estimate of drug-likeness (QED) is 0.588. The monoisotopic (exact) mass is 248 g/mol. The molecule has 4 nitrogen and oxygen atoms in total. The molecule has 18 heavy (non-hydrogen) atoms.